The molecule has 0 aliphatic heterocycles. The predicted molar refractivity (Wildman–Crippen MR) is 55.6 cm³/mol. The minimum Gasteiger partial charge on any atom is -0.207 e. The maximum atomic E-state index is 13.5. The Balaban J connectivity index is 2.57. The fourth-order valence-electron chi connectivity index (χ4n) is 1.97. The van der Waals surface area contributed by atoms with Gasteiger partial charge in [-0.3, -0.25) is 0 Å². The summed E-state index contributed by atoms with van der Waals surface area (Å²) >= 11 is 3.42. The van der Waals surface area contributed by atoms with Crippen molar-refractivity contribution in [2.75, 3.05) is 0 Å². The Kier molecular flexibility index (Phi) is 2.86. The highest BCUT2D eigenvalue weighted by Crippen LogP contribution is 2.37. The van der Waals surface area contributed by atoms with Crippen LogP contribution in [0.2, 0.25) is 0 Å². The Morgan fingerprint density at radius 2 is 1.86 bits per heavy atom. The normalized spacial score (nSPS) is 21.5. The number of fused-ring (bicyclic) bond motifs is 1. The van der Waals surface area contributed by atoms with E-state index in [1.807, 2.05) is 0 Å². The van der Waals surface area contributed by atoms with Crippen LogP contribution in [0, 0.1) is 11.6 Å². The third-order valence-corrected chi connectivity index (χ3v) is 3.61. The molecule has 1 unspecified atom stereocenters. The molecule has 1 aliphatic rings. The molecule has 0 aromatic heterocycles. The van der Waals surface area contributed by atoms with Gasteiger partial charge in [-0.25, -0.2) is 8.78 Å². The average Bonchev–Trinajstić information content (AvgIpc) is 2.35. The molecule has 0 saturated heterocycles. The molecule has 1 aliphatic carbocycles. The van der Waals surface area contributed by atoms with Gasteiger partial charge in [0.25, 0.3) is 0 Å². The van der Waals surface area contributed by atoms with Crippen molar-refractivity contribution >= 4 is 15.9 Å². The van der Waals surface area contributed by atoms with Crippen molar-refractivity contribution in [2.24, 2.45) is 0 Å². The smallest absolute Gasteiger partial charge is 0.128 e. The average molecular weight is 261 g/mol. The van der Waals surface area contributed by atoms with Crippen LogP contribution in [0.15, 0.2) is 12.1 Å². The van der Waals surface area contributed by atoms with Gasteiger partial charge in [-0.2, -0.15) is 0 Å². The summed E-state index contributed by atoms with van der Waals surface area (Å²) in [6, 6.07) is 2.44. The first kappa shape index (κ1) is 10.1. The summed E-state index contributed by atoms with van der Waals surface area (Å²) in [5.41, 5.74) is 1.09. The third kappa shape index (κ3) is 1.70. The first-order valence-electron chi connectivity index (χ1n) is 4.81. The van der Waals surface area contributed by atoms with E-state index in [1.54, 1.807) is 0 Å². The van der Waals surface area contributed by atoms with Gasteiger partial charge < -0.3 is 0 Å². The van der Waals surface area contributed by atoms with E-state index in [-0.39, 0.29) is 16.5 Å². The monoisotopic (exact) mass is 260 g/mol. The lowest BCUT2D eigenvalue weighted by molar-refractivity contribution is 0.573. The highest BCUT2D eigenvalue weighted by molar-refractivity contribution is 9.09. The maximum absolute atomic E-state index is 13.5. The Morgan fingerprint density at radius 3 is 2.64 bits per heavy atom. The van der Waals surface area contributed by atoms with Crippen LogP contribution in [0.4, 0.5) is 8.78 Å². The topological polar surface area (TPSA) is 0 Å². The van der Waals surface area contributed by atoms with E-state index in [1.165, 1.54) is 12.1 Å². The fourth-order valence-corrected chi connectivity index (χ4v) is 2.79. The number of halogens is 3. The Bertz CT molecular complexity index is 349. The predicted octanol–water partition coefficient (Wildman–Crippen LogP) is 4.13. The molecule has 3 heteroatoms. The van der Waals surface area contributed by atoms with Gasteiger partial charge in [0.1, 0.15) is 11.6 Å². The molecule has 0 heterocycles. The van der Waals surface area contributed by atoms with Crippen molar-refractivity contribution in [1.29, 1.82) is 0 Å². The van der Waals surface area contributed by atoms with Gasteiger partial charge >= 0.3 is 0 Å². The van der Waals surface area contributed by atoms with Crippen LogP contribution < -0.4 is 0 Å². The molecule has 76 valence electrons. The van der Waals surface area contributed by atoms with Gasteiger partial charge in [0, 0.05) is 10.4 Å². The van der Waals surface area contributed by atoms with Crippen LogP contribution in [-0.4, -0.2) is 0 Å². The zero-order valence-electron chi connectivity index (χ0n) is 7.69. The van der Waals surface area contributed by atoms with Crippen molar-refractivity contribution < 1.29 is 8.78 Å². The molecule has 0 nitrogen and oxygen atoms in total. The van der Waals surface area contributed by atoms with Crippen LogP contribution >= 0.6 is 15.9 Å². The molecule has 0 fully saturated rings. The van der Waals surface area contributed by atoms with Crippen molar-refractivity contribution in [3.05, 3.63) is 34.9 Å². The first-order valence-corrected chi connectivity index (χ1v) is 5.72. The Labute approximate surface area is 90.4 Å². The summed E-state index contributed by atoms with van der Waals surface area (Å²) in [6.45, 7) is 0. The van der Waals surface area contributed by atoms with Crippen molar-refractivity contribution in [3.8, 4) is 0 Å². The molecule has 2 rings (SSSR count). The van der Waals surface area contributed by atoms with Crippen LogP contribution in [0.1, 0.15) is 35.2 Å². The highest BCUT2D eigenvalue weighted by Gasteiger charge is 2.22. The molecular weight excluding hydrogens is 250 g/mol. The molecule has 0 radical (unpaired) electrons. The first-order chi connectivity index (χ1) is 6.70. The summed E-state index contributed by atoms with van der Waals surface area (Å²) < 4.78 is 26.9. The summed E-state index contributed by atoms with van der Waals surface area (Å²) in [4.78, 5) is -0.0318. The van der Waals surface area contributed by atoms with E-state index in [0.29, 0.717) is 17.5 Å². The van der Waals surface area contributed by atoms with Crippen molar-refractivity contribution in [1.82, 2.24) is 0 Å². The number of benzene rings is 1. The van der Waals surface area contributed by atoms with Gasteiger partial charge in [0.05, 0.1) is 0 Å². The zero-order chi connectivity index (χ0) is 10.1. The van der Waals surface area contributed by atoms with E-state index < -0.39 is 0 Å². The van der Waals surface area contributed by atoms with Gasteiger partial charge in [-0.15, -0.1) is 0 Å². The number of hydrogen-bond donors (Lipinski definition) is 0. The van der Waals surface area contributed by atoms with Gasteiger partial charge in [0.2, 0.25) is 0 Å². The van der Waals surface area contributed by atoms with Crippen molar-refractivity contribution in [2.45, 2.75) is 30.5 Å². The van der Waals surface area contributed by atoms with Crippen LogP contribution in [0.5, 0.6) is 0 Å². The second kappa shape index (κ2) is 3.97. The standard InChI is InChI=1S/C11H11BrF2/c12-8-4-2-1-3-7-9(13)5-6-10(14)11(7)8/h5-6,8H,1-4H2. The SMILES string of the molecule is Fc1ccc(F)c2c1CCCCC2Br. The molecular formula is C11H11BrF2. The van der Waals surface area contributed by atoms with Gasteiger partial charge in [0.15, 0.2) is 0 Å². The summed E-state index contributed by atoms with van der Waals surface area (Å²) in [5.74, 6) is -0.557. The van der Waals surface area contributed by atoms with Crippen LogP contribution in [0.25, 0.3) is 0 Å². The molecule has 0 bridgehead atoms. The summed E-state index contributed by atoms with van der Waals surface area (Å²) in [5, 5.41) is 0. The zero-order valence-corrected chi connectivity index (χ0v) is 9.28. The largest absolute Gasteiger partial charge is 0.207 e. The molecule has 0 N–H and O–H groups in total. The van der Waals surface area contributed by atoms with E-state index in [4.69, 9.17) is 0 Å². The van der Waals surface area contributed by atoms with Gasteiger partial charge in [-0.05, 0) is 37.0 Å². The molecule has 14 heavy (non-hydrogen) atoms. The summed E-state index contributed by atoms with van der Waals surface area (Å²) in [7, 11) is 0. The molecule has 0 amide bonds. The molecule has 1 aromatic rings. The number of alkyl halides is 1. The lowest BCUT2D eigenvalue weighted by atomic mass is 10.0. The van der Waals surface area contributed by atoms with Gasteiger partial charge in [-0.1, -0.05) is 22.4 Å². The van der Waals surface area contributed by atoms with E-state index in [9.17, 15) is 8.78 Å². The van der Waals surface area contributed by atoms with E-state index >= 15 is 0 Å². The van der Waals surface area contributed by atoms with E-state index in [2.05, 4.69) is 15.9 Å². The fraction of sp³-hybridized carbons (Fsp3) is 0.455. The third-order valence-electron chi connectivity index (χ3n) is 2.69. The highest BCUT2D eigenvalue weighted by atomic mass is 79.9. The van der Waals surface area contributed by atoms with Crippen molar-refractivity contribution in [3.63, 3.8) is 0 Å². The van der Waals surface area contributed by atoms with Crippen LogP contribution in [-0.2, 0) is 6.42 Å². The molecule has 0 saturated carbocycles. The second-order valence-electron chi connectivity index (χ2n) is 3.63. The molecule has 1 aromatic carbocycles. The quantitative estimate of drug-likeness (QED) is 0.486. The number of hydrogen-bond acceptors (Lipinski definition) is 0. The lowest BCUT2D eigenvalue weighted by Crippen LogP contribution is -2.01. The minimum absolute atomic E-state index is 0.0318. The Hall–Kier alpha value is -0.440. The molecule has 1 atom stereocenters. The Morgan fingerprint density at radius 1 is 1.14 bits per heavy atom. The lowest BCUT2D eigenvalue weighted by Gasteiger charge is -2.12. The minimum atomic E-state index is -0.287. The second-order valence-corrected chi connectivity index (χ2v) is 4.74. The van der Waals surface area contributed by atoms with Crippen LogP contribution in [0.3, 0.4) is 0 Å². The maximum Gasteiger partial charge on any atom is 0.128 e. The summed E-state index contributed by atoms with van der Waals surface area (Å²) in [6.07, 6.45) is 3.49. The number of rotatable bonds is 0. The van der Waals surface area contributed by atoms with E-state index in [0.717, 1.165) is 19.3 Å². The molecule has 0 spiro atoms.